The fraction of sp³-hybridized carbons (Fsp3) is 0.0625. The Morgan fingerprint density at radius 2 is 1.58 bits per heavy atom. The lowest BCUT2D eigenvalue weighted by Gasteiger charge is -2.06. The van der Waals surface area contributed by atoms with Crippen LogP contribution in [-0.4, -0.2) is 11.1 Å². The van der Waals surface area contributed by atoms with Crippen molar-refractivity contribution in [3.05, 3.63) is 66.2 Å². The summed E-state index contributed by atoms with van der Waals surface area (Å²) in [6.45, 7) is 1.77. The fourth-order valence-electron chi connectivity index (χ4n) is 1.68. The fourth-order valence-corrected chi connectivity index (χ4v) is 1.68. The van der Waals surface area contributed by atoms with Crippen LogP contribution < -0.4 is 4.74 Å². The zero-order chi connectivity index (χ0) is 13.7. The Morgan fingerprint density at radius 3 is 2.16 bits per heavy atom. The molecule has 0 atom stereocenters. The van der Waals surface area contributed by atoms with Gasteiger partial charge in [-0.05, 0) is 42.3 Å². The van der Waals surface area contributed by atoms with Crippen molar-refractivity contribution >= 4 is 11.5 Å². The van der Waals surface area contributed by atoms with Gasteiger partial charge in [0.2, 0.25) is 0 Å². The smallest absolute Gasteiger partial charge is 0.328 e. The van der Waals surface area contributed by atoms with Gasteiger partial charge in [-0.15, -0.1) is 0 Å². The number of aliphatic carboxylic acids is 1. The van der Waals surface area contributed by atoms with Gasteiger partial charge in [0.05, 0.1) is 0 Å². The highest BCUT2D eigenvalue weighted by atomic mass is 16.5. The second-order valence-electron chi connectivity index (χ2n) is 4.11. The highest BCUT2D eigenvalue weighted by Crippen LogP contribution is 2.23. The summed E-state index contributed by atoms with van der Waals surface area (Å²) in [4.78, 5) is 10.6. The number of carboxylic acids is 1. The second-order valence-corrected chi connectivity index (χ2v) is 4.11. The molecular weight excluding hydrogens is 240 g/mol. The zero-order valence-corrected chi connectivity index (χ0v) is 10.5. The standard InChI is InChI=1S/C16H14O3/c1-12(11-16(17)18)13-7-9-15(10-8-13)19-14-5-3-2-4-6-14/h2-11H,1H3,(H,17,18). The molecule has 0 radical (unpaired) electrons. The van der Waals surface area contributed by atoms with Crippen molar-refractivity contribution in [2.75, 3.05) is 0 Å². The molecule has 0 heterocycles. The SMILES string of the molecule is CC(=CC(=O)O)c1ccc(Oc2ccccc2)cc1. The van der Waals surface area contributed by atoms with Crippen LogP contribution in [0.2, 0.25) is 0 Å². The average Bonchev–Trinajstić information content (AvgIpc) is 2.40. The Morgan fingerprint density at radius 1 is 1.00 bits per heavy atom. The number of rotatable bonds is 4. The van der Waals surface area contributed by atoms with Crippen LogP contribution in [0.5, 0.6) is 11.5 Å². The van der Waals surface area contributed by atoms with Crippen LogP contribution in [0, 0.1) is 0 Å². The summed E-state index contributed by atoms with van der Waals surface area (Å²) in [6, 6.07) is 16.8. The van der Waals surface area contributed by atoms with Crippen LogP contribution in [0.1, 0.15) is 12.5 Å². The van der Waals surface area contributed by atoms with Crippen LogP contribution in [0.15, 0.2) is 60.7 Å². The number of ether oxygens (including phenoxy) is 1. The van der Waals surface area contributed by atoms with E-state index in [1.807, 2.05) is 54.6 Å². The zero-order valence-electron chi connectivity index (χ0n) is 10.5. The maximum atomic E-state index is 10.6. The first-order chi connectivity index (χ1) is 9.15. The molecule has 2 aromatic rings. The van der Waals surface area contributed by atoms with E-state index >= 15 is 0 Å². The van der Waals surface area contributed by atoms with Crippen molar-refractivity contribution in [1.29, 1.82) is 0 Å². The second kappa shape index (κ2) is 5.87. The molecule has 0 saturated heterocycles. The van der Waals surface area contributed by atoms with Crippen LogP contribution >= 0.6 is 0 Å². The largest absolute Gasteiger partial charge is 0.478 e. The number of hydrogen-bond acceptors (Lipinski definition) is 2. The summed E-state index contributed by atoms with van der Waals surface area (Å²) in [5.74, 6) is 0.549. The monoisotopic (exact) mass is 254 g/mol. The van der Waals surface area contributed by atoms with Gasteiger partial charge >= 0.3 is 5.97 Å². The van der Waals surface area contributed by atoms with Crippen LogP contribution in [0.25, 0.3) is 5.57 Å². The Bertz CT molecular complexity index is 583. The van der Waals surface area contributed by atoms with Gasteiger partial charge in [-0.3, -0.25) is 0 Å². The predicted octanol–water partition coefficient (Wildman–Crippen LogP) is 3.97. The lowest BCUT2D eigenvalue weighted by molar-refractivity contribution is -0.131. The molecule has 96 valence electrons. The summed E-state index contributed by atoms with van der Waals surface area (Å²) in [7, 11) is 0. The molecule has 1 N–H and O–H groups in total. The number of carboxylic acid groups (broad SMARTS) is 1. The number of allylic oxidation sites excluding steroid dienone is 1. The van der Waals surface area contributed by atoms with Crippen LogP contribution in [0.3, 0.4) is 0 Å². The van der Waals surface area contributed by atoms with Crippen molar-refractivity contribution in [3.63, 3.8) is 0 Å². The van der Waals surface area contributed by atoms with Gasteiger partial charge in [0.15, 0.2) is 0 Å². The normalized spacial score (nSPS) is 11.1. The number of para-hydroxylation sites is 1. The molecule has 3 heteroatoms. The Labute approximate surface area is 111 Å². The van der Waals surface area contributed by atoms with Gasteiger partial charge in [-0.1, -0.05) is 30.3 Å². The molecular formula is C16H14O3. The summed E-state index contributed by atoms with van der Waals surface area (Å²) >= 11 is 0. The molecule has 3 nitrogen and oxygen atoms in total. The predicted molar refractivity (Wildman–Crippen MR) is 74.2 cm³/mol. The minimum absolute atomic E-state index is 0.707. The summed E-state index contributed by atoms with van der Waals surface area (Å²) in [6.07, 6.45) is 1.19. The van der Waals surface area contributed by atoms with Gasteiger partial charge in [0.1, 0.15) is 11.5 Å². The average molecular weight is 254 g/mol. The van der Waals surface area contributed by atoms with Crippen molar-refractivity contribution in [1.82, 2.24) is 0 Å². The van der Waals surface area contributed by atoms with E-state index in [2.05, 4.69) is 0 Å². The van der Waals surface area contributed by atoms with E-state index in [4.69, 9.17) is 9.84 Å². The van der Waals surface area contributed by atoms with E-state index in [-0.39, 0.29) is 0 Å². The molecule has 0 aliphatic carbocycles. The summed E-state index contributed by atoms with van der Waals surface area (Å²) in [5.41, 5.74) is 1.57. The van der Waals surface area contributed by atoms with E-state index in [0.29, 0.717) is 5.57 Å². The Balaban J connectivity index is 2.13. The molecule has 0 unspecified atom stereocenters. The number of carbonyl (C=O) groups is 1. The molecule has 19 heavy (non-hydrogen) atoms. The van der Waals surface area contributed by atoms with Crippen molar-refractivity contribution in [2.45, 2.75) is 6.92 Å². The van der Waals surface area contributed by atoms with Gasteiger partial charge in [-0.25, -0.2) is 4.79 Å². The molecule has 0 aliphatic heterocycles. The first-order valence-electron chi connectivity index (χ1n) is 5.90. The van der Waals surface area contributed by atoms with E-state index < -0.39 is 5.97 Å². The first-order valence-corrected chi connectivity index (χ1v) is 5.90. The van der Waals surface area contributed by atoms with E-state index in [9.17, 15) is 4.79 Å². The molecule has 2 rings (SSSR count). The van der Waals surface area contributed by atoms with Gasteiger partial charge in [0.25, 0.3) is 0 Å². The molecule has 0 aliphatic rings. The minimum atomic E-state index is -0.942. The lowest BCUT2D eigenvalue weighted by Crippen LogP contribution is -1.90. The summed E-state index contributed by atoms with van der Waals surface area (Å²) < 4.78 is 5.66. The minimum Gasteiger partial charge on any atom is -0.478 e. The van der Waals surface area contributed by atoms with Crippen molar-refractivity contribution < 1.29 is 14.6 Å². The lowest BCUT2D eigenvalue weighted by atomic mass is 10.1. The van der Waals surface area contributed by atoms with Crippen molar-refractivity contribution in [2.24, 2.45) is 0 Å². The first kappa shape index (κ1) is 12.9. The third kappa shape index (κ3) is 3.71. The third-order valence-electron chi connectivity index (χ3n) is 2.63. The molecule has 0 aromatic heterocycles. The maximum absolute atomic E-state index is 10.6. The highest BCUT2D eigenvalue weighted by molar-refractivity contribution is 5.89. The third-order valence-corrected chi connectivity index (χ3v) is 2.63. The van der Waals surface area contributed by atoms with Gasteiger partial charge < -0.3 is 9.84 Å². The molecule has 0 saturated carbocycles. The van der Waals surface area contributed by atoms with E-state index in [1.54, 1.807) is 6.92 Å². The Kier molecular flexibility index (Phi) is 3.98. The Hall–Kier alpha value is -2.55. The molecule has 0 fully saturated rings. The quantitative estimate of drug-likeness (QED) is 0.840. The van der Waals surface area contributed by atoms with Crippen LogP contribution in [-0.2, 0) is 4.79 Å². The maximum Gasteiger partial charge on any atom is 0.328 e. The van der Waals surface area contributed by atoms with E-state index in [1.165, 1.54) is 6.08 Å². The van der Waals surface area contributed by atoms with Crippen LogP contribution in [0.4, 0.5) is 0 Å². The van der Waals surface area contributed by atoms with E-state index in [0.717, 1.165) is 17.1 Å². The van der Waals surface area contributed by atoms with Gasteiger partial charge in [-0.2, -0.15) is 0 Å². The topological polar surface area (TPSA) is 46.5 Å². The number of benzene rings is 2. The molecule has 2 aromatic carbocycles. The highest BCUT2D eigenvalue weighted by Gasteiger charge is 2.00. The molecule has 0 spiro atoms. The van der Waals surface area contributed by atoms with Gasteiger partial charge in [0, 0.05) is 6.08 Å². The number of hydrogen-bond donors (Lipinski definition) is 1. The molecule has 0 bridgehead atoms. The molecule has 0 amide bonds. The summed E-state index contributed by atoms with van der Waals surface area (Å²) in [5, 5.41) is 8.69. The van der Waals surface area contributed by atoms with Crippen molar-refractivity contribution in [3.8, 4) is 11.5 Å².